The van der Waals surface area contributed by atoms with Crippen LogP contribution in [0.4, 0.5) is 0 Å². The van der Waals surface area contributed by atoms with E-state index in [1.54, 1.807) is 43.5 Å². The van der Waals surface area contributed by atoms with Crippen LogP contribution in [0.3, 0.4) is 0 Å². The first kappa shape index (κ1) is 17.9. The zero-order valence-corrected chi connectivity index (χ0v) is 15.1. The first-order chi connectivity index (χ1) is 12.4. The van der Waals surface area contributed by atoms with Crippen LogP contribution in [-0.2, 0) is 16.1 Å². The lowest BCUT2D eigenvalue weighted by molar-refractivity contribution is -0.152. The van der Waals surface area contributed by atoms with Crippen LogP contribution in [0.25, 0.3) is 5.65 Å². The molecule has 134 valence electrons. The van der Waals surface area contributed by atoms with Crippen molar-refractivity contribution in [2.45, 2.75) is 26.6 Å². The number of carbonyl (C=O) groups excluding carboxylic acids is 1. The number of halogens is 1. The lowest BCUT2D eigenvalue weighted by atomic mass is 10.3. The van der Waals surface area contributed by atoms with E-state index in [2.05, 4.69) is 4.98 Å². The monoisotopic (exact) mass is 372 g/mol. The van der Waals surface area contributed by atoms with Gasteiger partial charge in [0.1, 0.15) is 18.0 Å². The van der Waals surface area contributed by atoms with Gasteiger partial charge in [-0.05, 0) is 49.7 Å². The maximum atomic E-state index is 12.1. The van der Waals surface area contributed by atoms with Crippen LogP contribution in [0.1, 0.15) is 18.2 Å². The van der Waals surface area contributed by atoms with Gasteiger partial charge in [-0.25, -0.2) is 9.78 Å². The molecule has 0 bridgehead atoms. The molecular formula is C19H17ClN2O4. The van der Waals surface area contributed by atoms with E-state index in [1.165, 1.54) is 10.5 Å². The summed E-state index contributed by atoms with van der Waals surface area (Å²) >= 11 is 5.81. The van der Waals surface area contributed by atoms with Crippen molar-refractivity contribution in [2.24, 2.45) is 0 Å². The van der Waals surface area contributed by atoms with Crippen molar-refractivity contribution < 1.29 is 14.3 Å². The van der Waals surface area contributed by atoms with E-state index >= 15 is 0 Å². The van der Waals surface area contributed by atoms with Crippen LogP contribution in [0, 0.1) is 6.92 Å². The fraction of sp³-hybridized carbons (Fsp3) is 0.211. The molecule has 6 nitrogen and oxygen atoms in total. The van der Waals surface area contributed by atoms with E-state index in [0.29, 0.717) is 22.1 Å². The van der Waals surface area contributed by atoms with Gasteiger partial charge in [-0.2, -0.15) is 0 Å². The van der Waals surface area contributed by atoms with Crippen molar-refractivity contribution >= 4 is 23.2 Å². The molecule has 2 aromatic heterocycles. The molecule has 1 unspecified atom stereocenters. The Morgan fingerprint density at radius 2 is 1.96 bits per heavy atom. The molecule has 0 radical (unpaired) electrons. The fourth-order valence-electron chi connectivity index (χ4n) is 2.36. The Hall–Kier alpha value is -2.86. The molecule has 0 spiro atoms. The average molecular weight is 373 g/mol. The van der Waals surface area contributed by atoms with Crippen LogP contribution >= 0.6 is 11.6 Å². The second kappa shape index (κ2) is 7.58. The van der Waals surface area contributed by atoms with Gasteiger partial charge in [0.2, 0.25) is 0 Å². The Balaban J connectivity index is 1.65. The average Bonchev–Trinajstić information content (AvgIpc) is 2.62. The smallest absolute Gasteiger partial charge is 0.347 e. The third-order valence-corrected chi connectivity index (χ3v) is 3.93. The summed E-state index contributed by atoms with van der Waals surface area (Å²) in [5.41, 5.74) is 1.61. The van der Waals surface area contributed by atoms with E-state index in [9.17, 15) is 9.59 Å². The third-order valence-electron chi connectivity index (χ3n) is 3.68. The highest BCUT2D eigenvalue weighted by Crippen LogP contribution is 2.17. The summed E-state index contributed by atoms with van der Waals surface area (Å²) in [5.74, 6) is -0.0397. The number of hydrogen-bond donors (Lipinski definition) is 0. The second-order valence-electron chi connectivity index (χ2n) is 5.84. The van der Waals surface area contributed by atoms with E-state index in [0.717, 1.165) is 5.56 Å². The molecular weight excluding hydrogens is 356 g/mol. The van der Waals surface area contributed by atoms with Crippen molar-refractivity contribution in [2.75, 3.05) is 0 Å². The predicted molar refractivity (Wildman–Crippen MR) is 97.5 cm³/mol. The minimum absolute atomic E-state index is 0.104. The van der Waals surface area contributed by atoms with Crippen LogP contribution in [0.2, 0.25) is 5.02 Å². The summed E-state index contributed by atoms with van der Waals surface area (Å²) in [7, 11) is 0. The molecule has 0 N–H and O–H groups in total. The Bertz CT molecular complexity index is 999. The van der Waals surface area contributed by atoms with Crippen LogP contribution in [0.15, 0.2) is 53.5 Å². The third kappa shape index (κ3) is 4.21. The molecule has 7 heteroatoms. The van der Waals surface area contributed by atoms with Crippen molar-refractivity contribution in [3.8, 4) is 5.75 Å². The van der Waals surface area contributed by atoms with Gasteiger partial charge < -0.3 is 9.47 Å². The van der Waals surface area contributed by atoms with E-state index < -0.39 is 12.1 Å². The summed E-state index contributed by atoms with van der Waals surface area (Å²) in [6, 6.07) is 11.6. The lowest BCUT2D eigenvalue weighted by Crippen LogP contribution is -2.26. The van der Waals surface area contributed by atoms with Crippen molar-refractivity contribution in [1.29, 1.82) is 0 Å². The largest absolute Gasteiger partial charge is 0.479 e. The molecule has 0 fully saturated rings. The molecule has 26 heavy (non-hydrogen) atoms. The normalized spacial score (nSPS) is 12.0. The predicted octanol–water partition coefficient (Wildman–Crippen LogP) is 3.17. The number of aryl methyl sites for hydroxylation is 1. The molecule has 1 atom stereocenters. The van der Waals surface area contributed by atoms with Crippen LogP contribution in [0.5, 0.6) is 5.75 Å². The Kier molecular flexibility index (Phi) is 5.23. The summed E-state index contributed by atoms with van der Waals surface area (Å²) in [4.78, 5) is 28.6. The number of aromatic nitrogens is 2. The first-order valence-corrected chi connectivity index (χ1v) is 8.38. The molecule has 0 aliphatic rings. The highest BCUT2D eigenvalue weighted by molar-refractivity contribution is 6.30. The van der Waals surface area contributed by atoms with Crippen molar-refractivity contribution in [3.63, 3.8) is 0 Å². The van der Waals surface area contributed by atoms with Crippen molar-refractivity contribution in [1.82, 2.24) is 9.38 Å². The Morgan fingerprint density at radius 1 is 1.23 bits per heavy atom. The van der Waals surface area contributed by atoms with Gasteiger partial charge in [0.15, 0.2) is 6.10 Å². The second-order valence-corrected chi connectivity index (χ2v) is 6.28. The van der Waals surface area contributed by atoms with Crippen molar-refractivity contribution in [3.05, 3.63) is 75.3 Å². The topological polar surface area (TPSA) is 69.9 Å². The molecule has 0 saturated carbocycles. The summed E-state index contributed by atoms with van der Waals surface area (Å²) < 4.78 is 12.2. The van der Waals surface area contributed by atoms with Crippen LogP contribution < -0.4 is 10.3 Å². The first-order valence-electron chi connectivity index (χ1n) is 8.00. The number of carbonyl (C=O) groups is 1. The molecule has 3 rings (SSSR count). The highest BCUT2D eigenvalue weighted by Gasteiger charge is 2.17. The number of ether oxygens (including phenoxy) is 2. The Labute approximate surface area is 155 Å². The van der Waals surface area contributed by atoms with Gasteiger partial charge in [0, 0.05) is 17.3 Å². The van der Waals surface area contributed by atoms with Gasteiger partial charge in [-0.1, -0.05) is 17.7 Å². The fourth-order valence-corrected chi connectivity index (χ4v) is 2.49. The lowest BCUT2D eigenvalue weighted by Gasteiger charge is -2.14. The maximum Gasteiger partial charge on any atom is 0.347 e. The number of fused-ring (bicyclic) bond motifs is 1. The molecule has 1 aromatic carbocycles. The van der Waals surface area contributed by atoms with Gasteiger partial charge in [0.05, 0.1) is 5.69 Å². The number of benzene rings is 1. The number of esters is 1. The summed E-state index contributed by atoms with van der Waals surface area (Å²) in [6.07, 6.45) is 0.906. The molecule has 0 amide bonds. The zero-order chi connectivity index (χ0) is 18.7. The highest BCUT2D eigenvalue weighted by atomic mass is 35.5. The molecule has 3 aromatic rings. The number of hydrogen-bond acceptors (Lipinski definition) is 5. The van der Waals surface area contributed by atoms with E-state index in [-0.39, 0.29) is 12.2 Å². The number of nitrogens with zero attached hydrogens (tertiary/aromatic N) is 2. The van der Waals surface area contributed by atoms with E-state index in [4.69, 9.17) is 21.1 Å². The SMILES string of the molecule is Cc1ccc2nc(COC(=O)C(C)Oc3ccc(Cl)cc3)cc(=O)n2c1. The Morgan fingerprint density at radius 3 is 2.69 bits per heavy atom. The van der Waals surface area contributed by atoms with Gasteiger partial charge in [-0.15, -0.1) is 0 Å². The molecule has 0 saturated heterocycles. The number of rotatable bonds is 5. The van der Waals surface area contributed by atoms with Gasteiger partial charge >= 0.3 is 5.97 Å². The quantitative estimate of drug-likeness (QED) is 0.643. The molecule has 2 heterocycles. The van der Waals surface area contributed by atoms with E-state index in [1.807, 2.05) is 13.0 Å². The molecule has 0 aliphatic heterocycles. The minimum Gasteiger partial charge on any atom is -0.479 e. The molecule has 0 aliphatic carbocycles. The van der Waals surface area contributed by atoms with Gasteiger partial charge in [0.25, 0.3) is 5.56 Å². The van der Waals surface area contributed by atoms with Crippen LogP contribution in [-0.4, -0.2) is 21.5 Å². The minimum atomic E-state index is -0.805. The summed E-state index contributed by atoms with van der Waals surface area (Å²) in [6.45, 7) is 3.37. The summed E-state index contributed by atoms with van der Waals surface area (Å²) in [5, 5.41) is 0.580. The van der Waals surface area contributed by atoms with Gasteiger partial charge in [-0.3, -0.25) is 9.20 Å². The standard InChI is InChI=1S/C19H17ClN2O4/c1-12-3-8-17-21-15(9-18(23)22(17)10-12)11-25-19(24)13(2)26-16-6-4-14(20)5-7-16/h3-10,13H,11H2,1-2H3. The maximum absolute atomic E-state index is 12.1. The number of pyridine rings is 1. The zero-order valence-electron chi connectivity index (χ0n) is 14.3.